The molecule has 2 unspecified atom stereocenters. The molecule has 0 radical (unpaired) electrons. The minimum Gasteiger partial charge on any atom is -0.327 e. The SMILES string of the molecule is CC1CC(N)CN(C2CCN(Cc3ccccc3)CC2)C1. The van der Waals surface area contributed by atoms with E-state index in [2.05, 4.69) is 47.1 Å². The lowest BCUT2D eigenvalue weighted by atomic mass is 9.92. The standard InChI is InChI=1S/C18H29N3/c1-15-11-17(19)14-21(12-15)18-7-9-20(10-8-18)13-16-5-3-2-4-6-16/h2-6,15,17-18H,7-14,19H2,1H3. The summed E-state index contributed by atoms with van der Waals surface area (Å²) in [5, 5.41) is 0. The highest BCUT2D eigenvalue weighted by Gasteiger charge is 2.30. The Balaban J connectivity index is 1.48. The van der Waals surface area contributed by atoms with Gasteiger partial charge in [-0.1, -0.05) is 37.3 Å². The third kappa shape index (κ3) is 4.06. The Hall–Kier alpha value is -0.900. The van der Waals surface area contributed by atoms with Gasteiger partial charge in [0.2, 0.25) is 0 Å². The van der Waals surface area contributed by atoms with E-state index in [-0.39, 0.29) is 0 Å². The van der Waals surface area contributed by atoms with E-state index in [0.717, 1.165) is 25.0 Å². The van der Waals surface area contributed by atoms with Crippen molar-refractivity contribution in [1.29, 1.82) is 0 Å². The van der Waals surface area contributed by atoms with Gasteiger partial charge in [0.25, 0.3) is 0 Å². The molecule has 2 atom stereocenters. The summed E-state index contributed by atoms with van der Waals surface area (Å²) in [6.45, 7) is 8.24. The molecule has 3 nitrogen and oxygen atoms in total. The van der Waals surface area contributed by atoms with Crippen molar-refractivity contribution in [2.24, 2.45) is 11.7 Å². The van der Waals surface area contributed by atoms with Gasteiger partial charge < -0.3 is 5.73 Å². The van der Waals surface area contributed by atoms with Gasteiger partial charge in [-0.05, 0) is 43.8 Å². The number of piperidine rings is 2. The van der Waals surface area contributed by atoms with E-state index in [1.165, 1.54) is 44.5 Å². The second-order valence-electron chi connectivity index (χ2n) is 7.05. The van der Waals surface area contributed by atoms with Crippen LogP contribution in [0, 0.1) is 5.92 Å². The number of hydrogen-bond acceptors (Lipinski definition) is 3. The molecule has 2 saturated heterocycles. The molecule has 0 aromatic heterocycles. The van der Waals surface area contributed by atoms with E-state index in [9.17, 15) is 0 Å². The third-order valence-corrected chi connectivity index (χ3v) is 5.04. The topological polar surface area (TPSA) is 32.5 Å². The zero-order valence-corrected chi connectivity index (χ0v) is 13.2. The largest absolute Gasteiger partial charge is 0.327 e. The van der Waals surface area contributed by atoms with Gasteiger partial charge in [0.15, 0.2) is 0 Å². The second kappa shape index (κ2) is 6.91. The summed E-state index contributed by atoms with van der Waals surface area (Å²) in [5.74, 6) is 0.760. The Morgan fingerprint density at radius 1 is 1.10 bits per heavy atom. The number of likely N-dealkylation sites (tertiary alicyclic amines) is 2. The van der Waals surface area contributed by atoms with Crippen LogP contribution in [0.5, 0.6) is 0 Å². The molecule has 2 heterocycles. The van der Waals surface area contributed by atoms with Crippen molar-refractivity contribution in [1.82, 2.24) is 9.80 Å². The first-order valence-corrected chi connectivity index (χ1v) is 8.46. The molecule has 2 fully saturated rings. The molecule has 1 aromatic rings. The molecule has 3 heteroatoms. The van der Waals surface area contributed by atoms with E-state index in [0.29, 0.717) is 6.04 Å². The first-order chi connectivity index (χ1) is 10.2. The van der Waals surface area contributed by atoms with Gasteiger partial charge in [-0.25, -0.2) is 0 Å². The second-order valence-corrected chi connectivity index (χ2v) is 7.05. The van der Waals surface area contributed by atoms with Crippen molar-refractivity contribution in [3.8, 4) is 0 Å². The Morgan fingerprint density at radius 2 is 1.81 bits per heavy atom. The van der Waals surface area contributed by atoms with Gasteiger partial charge in [-0.15, -0.1) is 0 Å². The number of nitrogens with zero attached hydrogens (tertiary/aromatic N) is 2. The molecule has 116 valence electrons. The summed E-state index contributed by atoms with van der Waals surface area (Å²) < 4.78 is 0. The summed E-state index contributed by atoms with van der Waals surface area (Å²) in [4.78, 5) is 5.26. The van der Waals surface area contributed by atoms with E-state index < -0.39 is 0 Å². The van der Waals surface area contributed by atoms with Crippen molar-refractivity contribution < 1.29 is 0 Å². The average molecular weight is 287 g/mol. The lowest BCUT2D eigenvalue weighted by Crippen LogP contribution is -2.53. The first kappa shape index (κ1) is 15.0. The van der Waals surface area contributed by atoms with Gasteiger partial charge in [0.1, 0.15) is 0 Å². The van der Waals surface area contributed by atoms with Crippen LogP contribution < -0.4 is 5.73 Å². The van der Waals surface area contributed by atoms with Crippen LogP contribution in [0.3, 0.4) is 0 Å². The highest BCUT2D eigenvalue weighted by atomic mass is 15.2. The number of benzene rings is 1. The molecule has 21 heavy (non-hydrogen) atoms. The van der Waals surface area contributed by atoms with Crippen LogP contribution in [0.25, 0.3) is 0 Å². The van der Waals surface area contributed by atoms with Crippen molar-refractivity contribution in [2.45, 2.75) is 44.8 Å². The Morgan fingerprint density at radius 3 is 2.48 bits per heavy atom. The van der Waals surface area contributed by atoms with Crippen molar-refractivity contribution in [3.63, 3.8) is 0 Å². The van der Waals surface area contributed by atoms with Crippen LogP contribution in [0.1, 0.15) is 31.7 Å². The van der Waals surface area contributed by atoms with Crippen LogP contribution in [-0.2, 0) is 6.54 Å². The van der Waals surface area contributed by atoms with Gasteiger partial charge in [-0.3, -0.25) is 9.80 Å². The van der Waals surface area contributed by atoms with E-state index in [1.54, 1.807) is 0 Å². The molecule has 0 amide bonds. The maximum absolute atomic E-state index is 6.20. The molecule has 2 aliphatic heterocycles. The maximum atomic E-state index is 6.20. The summed E-state index contributed by atoms with van der Waals surface area (Å²) in [5.41, 5.74) is 7.63. The molecule has 1 aromatic carbocycles. The molecule has 0 aliphatic carbocycles. The van der Waals surface area contributed by atoms with Crippen LogP contribution in [0.15, 0.2) is 30.3 Å². The molecular formula is C18H29N3. The fourth-order valence-corrected chi connectivity index (χ4v) is 4.02. The van der Waals surface area contributed by atoms with Crippen LogP contribution in [0.2, 0.25) is 0 Å². The Labute approximate surface area is 129 Å². The zero-order valence-electron chi connectivity index (χ0n) is 13.2. The van der Waals surface area contributed by atoms with Crippen molar-refractivity contribution >= 4 is 0 Å². The van der Waals surface area contributed by atoms with Gasteiger partial charge in [0.05, 0.1) is 0 Å². The van der Waals surface area contributed by atoms with Crippen LogP contribution in [0.4, 0.5) is 0 Å². The predicted octanol–water partition coefficient (Wildman–Crippen LogP) is 2.32. The maximum Gasteiger partial charge on any atom is 0.0233 e. The van der Waals surface area contributed by atoms with Gasteiger partial charge >= 0.3 is 0 Å². The molecule has 3 rings (SSSR count). The molecule has 0 saturated carbocycles. The van der Waals surface area contributed by atoms with Crippen LogP contribution >= 0.6 is 0 Å². The minimum absolute atomic E-state index is 0.385. The lowest BCUT2D eigenvalue weighted by Gasteiger charge is -2.43. The monoisotopic (exact) mass is 287 g/mol. The zero-order chi connectivity index (χ0) is 14.7. The van der Waals surface area contributed by atoms with E-state index in [1.807, 2.05) is 0 Å². The highest BCUT2D eigenvalue weighted by molar-refractivity contribution is 5.14. The Bertz CT molecular complexity index is 415. The number of rotatable bonds is 3. The smallest absolute Gasteiger partial charge is 0.0233 e. The van der Waals surface area contributed by atoms with E-state index >= 15 is 0 Å². The van der Waals surface area contributed by atoms with Crippen LogP contribution in [-0.4, -0.2) is 48.1 Å². The fourth-order valence-electron chi connectivity index (χ4n) is 4.02. The van der Waals surface area contributed by atoms with E-state index in [4.69, 9.17) is 5.73 Å². The van der Waals surface area contributed by atoms with Gasteiger partial charge in [-0.2, -0.15) is 0 Å². The average Bonchev–Trinajstić information content (AvgIpc) is 2.48. The molecule has 0 spiro atoms. The first-order valence-electron chi connectivity index (χ1n) is 8.46. The number of hydrogen-bond donors (Lipinski definition) is 1. The minimum atomic E-state index is 0.385. The normalized spacial score (nSPS) is 29.6. The quantitative estimate of drug-likeness (QED) is 0.926. The molecule has 0 bridgehead atoms. The Kier molecular flexibility index (Phi) is 4.94. The van der Waals surface area contributed by atoms with Crippen molar-refractivity contribution in [3.05, 3.63) is 35.9 Å². The predicted molar refractivity (Wildman–Crippen MR) is 88.1 cm³/mol. The highest BCUT2D eigenvalue weighted by Crippen LogP contribution is 2.23. The molecule has 2 aliphatic rings. The number of nitrogens with two attached hydrogens (primary N) is 1. The summed E-state index contributed by atoms with van der Waals surface area (Å²) in [7, 11) is 0. The molecular weight excluding hydrogens is 258 g/mol. The lowest BCUT2D eigenvalue weighted by molar-refractivity contribution is 0.0651. The van der Waals surface area contributed by atoms with Crippen molar-refractivity contribution in [2.75, 3.05) is 26.2 Å². The summed E-state index contributed by atoms with van der Waals surface area (Å²) in [6.07, 6.45) is 3.79. The third-order valence-electron chi connectivity index (χ3n) is 5.04. The summed E-state index contributed by atoms with van der Waals surface area (Å²) >= 11 is 0. The molecule has 2 N–H and O–H groups in total. The fraction of sp³-hybridized carbons (Fsp3) is 0.667. The summed E-state index contributed by atoms with van der Waals surface area (Å²) in [6, 6.07) is 12.0. The van der Waals surface area contributed by atoms with Gasteiger partial charge in [0, 0.05) is 31.7 Å².